The number of amides is 2. The van der Waals surface area contributed by atoms with Gasteiger partial charge in [-0.15, -0.1) is 0 Å². The molecule has 0 aromatic heterocycles. The van der Waals surface area contributed by atoms with Crippen LogP contribution in [0.3, 0.4) is 0 Å². The molecule has 3 atom stereocenters. The van der Waals surface area contributed by atoms with Crippen LogP contribution < -0.4 is 10.6 Å². The molecule has 3 N–H and O–H groups in total. The van der Waals surface area contributed by atoms with Crippen LogP contribution in [-0.4, -0.2) is 54.0 Å². The number of ether oxygens (including phenoxy) is 2. The lowest BCUT2D eigenvalue weighted by atomic mass is 9.98. The quantitative estimate of drug-likeness (QED) is 0.298. The van der Waals surface area contributed by atoms with E-state index in [4.69, 9.17) is 9.47 Å². The highest BCUT2D eigenvalue weighted by molar-refractivity contribution is 5.89. The molecule has 11 heteroatoms. The molecule has 1 aliphatic rings. The number of rotatable bonds is 11. The molecule has 0 saturated heterocycles. The van der Waals surface area contributed by atoms with Crippen molar-refractivity contribution in [2.75, 3.05) is 6.61 Å². The van der Waals surface area contributed by atoms with Crippen molar-refractivity contribution in [3.05, 3.63) is 95.6 Å². The summed E-state index contributed by atoms with van der Waals surface area (Å²) in [5.74, 6) is -3.29. The Kier molecular flexibility index (Phi) is 9.28. The van der Waals surface area contributed by atoms with E-state index in [9.17, 15) is 32.7 Å². The molecular weight excluding hydrogens is 541 g/mol. The second kappa shape index (κ2) is 12.9. The third kappa shape index (κ3) is 7.63. The number of nitrogens with one attached hydrogen (secondary N) is 2. The Labute approximate surface area is 234 Å². The van der Waals surface area contributed by atoms with Crippen LogP contribution in [0.4, 0.5) is 18.0 Å². The average molecular weight is 571 g/mol. The molecule has 2 amide bonds. The second-order valence-corrected chi connectivity index (χ2v) is 9.67. The monoisotopic (exact) mass is 570 g/mol. The molecule has 0 bridgehead atoms. The fraction of sp³-hybridized carbons (Fsp3) is 0.300. The SMILES string of the molecule is CC(OCc1ccccc1)C(NC(=O)OCC1c2ccccc2-c2ccccc21)C(=O)NC(CC(F)(F)F)C(=O)O. The third-order valence-corrected chi connectivity index (χ3v) is 6.77. The number of benzene rings is 3. The number of hydrogen-bond acceptors (Lipinski definition) is 5. The molecular formula is C30H29F3N2O6. The van der Waals surface area contributed by atoms with Gasteiger partial charge >= 0.3 is 18.2 Å². The minimum absolute atomic E-state index is 0.0308. The van der Waals surface area contributed by atoms with Crippen LogP contribution in [-0.2, 0) is 25.7 Å². The van der Waals surface area contributed by atoms with E-state index in [0.717, 1.165) is 27.8 Å². The molecule has 41 heavy (non-hydrogen) atoms. The van der Waals surface area contributed by atoms with Crippen LogP contribution in [0.15, 0.2) is 78.9 Å². The van der Waals surface area contributed by atoms with Crippen molar-refractivity contribution in [3.63, 3.8) is 0 Å². The Balaban J connectivity index is 1.47. The van der Waals surface area contributed by atoms with Gasteiger partial charge in [-0.3, -0.25) is 4.79 Å². The second-order valence-electron chi connectivity index (χ2n) is 9.67. The molecule has 0 aliphatic heterocycles. The maximum Gasteiger partial charge on any atom is 0.407 e. The number of carbonyl (C=O) groups is 3. The smallest absolute Gasteiger partial charge is 0.407 e. The van der Waals surface area contributed by atoms with Crippen LogP contribution in [0, 0.1) is 0 Å². The Hall–Kier alpha value is -4.38. The van der Waals surface area contributed by atoms with Gasteiger partial charge in [0.1, 0.15) is 18.7 Å². The molecule has 0 saturated carbocycles. The number of alkyl carbamates (subject to hydrolysis) is 1. The van der Waals surface area contributed by atoms with Crippen molar-refractivity contribution in [2.24, 2.45) is 0 Å². The lowest BCUT2D eigenvalue weighted by Crippen LogP contribution is -2.57. The number of alkyl halides is 3. The zero-order chi connectivity index (χ0) is 29.6. The summed E-state index contributed by atoms with van der Waals surface area (Å²) in [6, 6.07) is 20.5. The van der Waals surface area contributed by atoms with Gasteiger partial charge in [0.2, 0.25) is 5.91 Å². The van der Waals surface area contributed by atoms with Gasteiger partial charge in [0.15, 0.2) is 0 Å². The number of carboxylic acids is 1. The summed E-state index contributed by atoms with van der Waals surface area (Å²) in [5, 5.41) is 13.5. The van der Waals surface area contributed by atoms with Crippen molar-refractivity contribution >= 4 is 18.0 Å². The molecule has 0 spiro atoms. The number of hydrogen-bond donors (Lipinski definition) is 3. The first kappa shape index (κ1) is 29.6. The molecule has 0 heterocycles. The predicted octanol–water partition coefficient (Wildman–Crippen LogP) is 5.02. The van der Waals surface area contributed by atoms with Crippen molar-refractivity contribution in [3.8, 4) is 11.1 Å². The number of aliphatic carboxylic acids is 1. The van der Waals surface area contributed by atoms with E-state index < -0.39 is 48.8 Å². The number of carbonyl (C=O) groups excluding carboxylic acids is 2. The van der Waals surface area contributed by atoms with E-state index in [0.29, 0.717) is 0 Å². The summed E-state index contributed by atoms with van der Waals surface area (Å²) >= 11 is 0. The van der Waals surface area contributed by atoms with Crippen molar-refractivity contribution in [1.82, 2.24) is 10.6 Å². The first-order valence-electron chi connectivity index (χ1n) is 12.9. The minimum atomic E-state index is -4.85. The first-order valence-corrected chi connectivity index (χ1v) is 12.9. The van der Waals surface area contributed by atoms with Gasteiger partial charge in [0.25, 0.3) is 0 Å². The van der Waals surface area contributed by atoms with E-state index in [1.807, 2.05) is 53.8 Å². The minimum Gasteiger partial charge on any atom is -0.480 e. The van der Waals surface area contributed by atoms with Crippen LogP contribution in [0.2, 0.25) is 0 Å². The van der Waals surface area contributed by atoms with Crippen molar-refractivity contribution in [2.45, 2.75) is 50.2 Å². The van der Waals surface area contributed by atoms with E-state index >= 15 is 0 Å². The summed E-state index contributed by atoms with van der Waals surface area (Å²) < 4.78 is 50.0. The Morgan fingerprint density at radius 2 is 1.44 bits per heavy atom. The van der Waals surface area contributed by atoms with Crippen LogP contribution in [0.5, 0.6) is 0 Å². The molecule has 3 unspecified atom stereocenters. The predicted molar refractivity (Wildman–Crippen MR) is 143 cm³/mol. The molecule has 0 radical (unpaired) electrons. The van der Waals surface area contributed by atoms with Crippen molar-refractivity contribution < 1.29 is 42.1 Å². The van der Waals surface area contributed by atoms with Crippen molar-refractivity contribution in [1.29, 1.82) is 0 Å². The van der Waals surface area contributed by atoms with E-state index in [1.54, 1.807) is 30.3 Å². The van der Waals surface area contributed by atoms with Crippen LogP contribution >= 0.6 is 0 Å². The Morgan fingerprint density at radius 3 is 2.00 bits per heavy atom. The molecule has 0 fully saturated rings. The van der Waals surface area contributed by atoms with Gasteiger partial charge in [-0.05, 0) is 34.7 Å². The van der Waals surface area contributed by atoms with Gasteiger partial charge in [0.05, 0.1) is 19.1 Å². The van der Waals surface area contributed by atoms with E-state index in [-0.39, 0.29) is 19.1 Å². The van der Waals surface area contributed by atoms with E-state index in [2.05, 4.69) is 5.32 Å². The van der Waals surface area contributed by atoms with Gasteiger partial charge in [0, 0.05) is 5.92 Å². The van der Waals surface area contributed by atoms with Crippen LogP contribution in [0.1, 0.15) is 36.0 Å². The topological polar surface area (TPSA) is 114 Å². The van der Waals surface area contributed by atoms with Gasteiger partial charge in [-0.1, -0.05) is 78.9 Å². The van der Waals surface area contributed by atoms with Gasteiger partial charge in [-0.2, -0.15) is 13.2 Å². The number of halogens is 3. The van der Waals surface area contributed by atoms with Gasteiger partial charge < -0.3 is 25.2 Å². The summed E-state index contributed by atoms with van der Waals surface area (Å²) in [6.45, 7) is 1.40. The fourth-order valence-electron chi connectivity index (χ4n) is 4.75. The molecule has 4 rings (SSSR count). The maximum atomic E-state index is 13.0. The molecule has 216 valence electrons. The molecule has 8 nitrogen and oxygen atoms in total. The average Bonchev–Trinajstić information content (AvgIpc) is 3.26. The van der Waals surface area contributed by atoms with Crippen LogP contribution in [0.25, 0.3) is 11.1 Å². The van der Waals surface area contributed by atoms with E-state index in [1.165, 1.54) is 6.92 Å². The maximum absolute atomic E-state index is 13.0. The summed E-state index contributed by atoms with van der Waals surface area (Å²) in [4.78, 5) is 37.4. The summed E-state index contributed by atoms with van der Waals surface area (Å²) in [5.41, 5.74) is 4.71. The number of carboxylic acid groups (broad SMARTS) is 1. The summed E-state index contributed by atoms with van der Waals surface area (Å²) in [6.07, 6.45) is -8.70. The fourth-order valence-corrected chi connectivity index (χ4v) is 4.75. The highest BCUT2D eigenvalue weighted by Gasteiger charge is 2.39. The zero-order valence-corrected chi connectivity index (χ0v) is 22.1. The lowest BCUT2D eigenvalue weighted by Gasteiger charge is -2.26. The first-order chi connectivity index (χ1) is 19.5. The van der Waals surface area contributed by atoms with Gasteiger partial charge in [-0.25, -0.2) is 9.59 Å². The Bertz CT molecular complexity index is 1340. The molecule has 3 aromatic carbocycles. The lowest BCUT2D eigenvalue weighted by molar-refractivity contribution is -0.160. The largest absolute Gasteiger partial charge is 0.480 e. The molecule has 1 aliphatic carbocycles. The normalized spacial score (nSPS) is 14.7. The molecule has 3 aromatic rings. The third-order valence-electron chi connectivity index (χ3n) is 6.77. The highest BCUT2D eigenvalue weighted by atomic mass is 19.4. The standard InChI is InChI=1S/C30H29F3N2O6/c1-18(40-16-19-9-3-2-4-10-19)26(27(36)34-25(28(37)38)15-30(31,32)33)35-29(39)41-17-24-22-13-7-5-11-20(22)21-12-6-8-14-23(21)24/h2-14,18,24-26H,15-17H2,1H3,(H,34,36)(H,35,39)(H,37,38). The summed E-state index contributed by atoms with van der Waals surface area (Å²) in [7, 11) is 0. The highest BCUT2D eigenvalue weighted by Crippen LogP contribution is 2.44. The zero-order valence-electron chi connectivity index (χ0n) is 22.1. The Morgan fingerprint density at radius 1 is 0.878 bits per heavy atom. The number of fused-ring (bicyclic) bond motifs is 3.